The second-order valence-electron chi connectivity index (χ2n) is 10.6. The van der Waals surface area contributed by atoms with E-state index in [-0.39, 0.29) is 17.1 Å². The molecule has 8 heteroatoms. The molecule has 36 heavy (non-hydrogen) atoms. The summed E-state index contributed by atoms with van der Waals surface area (Å²) in [5.41, 5.74) is 0.678. The van der Waals surface area contributed by atoms with Gasteiger partial charge in [0.15, 0.2) is 26.2 Å². The summed E-state index contributed by atoms with van der Waals surface area (Å²) in [4.78, 5) is 42.0. The molecule has 3 atom stereocenters. The topological polar surface area (TPSA) is 97.8 Å². The van der Waals surface area contributed by atoms with E-state index in [2.05, 4.69) is 0 Å². The van der Waals surface area contributed by atoms with Gasteiger partial charge < -0.3 is 4.74 Å². The summed E-state index contributed by atoms with van der Waals surface area (Å²) in [6.07, 6.45) is 2.34. The standard InChI is InChI=1S/C28H29NO6S/c1-27(2,3)35-26(32)29-23-20-14-8-9-15-21(20)24(29)28(25(23)31,17-18-11-7-10-16-22(18)30)36(33,34)19-12-5-4-6-13-19/h4-6,8-9,11-15,23-24H,7,10,16-17H2,1-3H3/t23-,24+,28-/m0/s1. The number of rotatable bonds is 4. The number of benzene rings is 2. The van der Waals surface area contributed by atoms with E-state index >= 15 is 0 Å². The van der Waals surface area contributed by atoms with Gasteiger partial charge in [0, 0.05) is 12.8 Å². The fourth-order valence-electron chi connectivity index (χ4n) is 5.73. The number of hydrogen-bond acceptors (Lipinski definition) is 6. The molecule has 1 amide bonds. The van der Waals surface area contributed by atoms with Gasteiger partial charge >= 0.3 is 6.09 Å². The zero-order chi connectivity index (χ0) is 25.9. The number of carbonyl (C=O) groups is 3. The molecule has 0 aromatic heterocycles. The number of carbonyl (C=O) groups excluding carboxylic acids is 3. The molecular formula is C28H29NO6S. The minimum atomic E-state index is -4.35. The van der Waals surface area contributed by atoms with Gasteiger partial charge in [-0.3, -0.25) is 14.5 Å². The van der Waals surface area contributed by atoms with E-state index in [4.69, 9.17) is 4.74 Å². The number of allylic oxidation sites excluding steroid dienone is 2. The van der Waals surface area contributed by atoms with E-state index < -0.39 is 44.1 Å². The summed E-state index contributed by atoms with van der Waals surface area (Å²) in [6, 6.07) is 12.6. The van der Waals surface area contributed by atoms with Crippen LogP contribution in [0.2, 0.25) is 0 Å². The summed E-state index contributed by atoms with van der Waals surface area (Å²) in [5, 5.41) is 0. The average Bonchev–Trinajstić information content (AvgIpc) is 3.31. The number of Topliss-reactive ketones (excluding diaryl/α,β-unsaturated/α-hetero) is 2. The van der Waals surface area contributed by atoms with Crippen molar-refractivity contribution >= 4 is 27.5 Å². The van der Waals surface area contributed by atoms with E-state index in [9.17, 15) is 22.8 Å². The van der Waals surface area contributed by atoms with Crippen LogP contribution in [0.4, 0.5) is 4.79 Å². The number of hydrogen-bond donors (Lipinski definition) is 0. The lowest BCUT2D eigenvalue weighted by Crippen LogP contribution is -2.51. The molecule has 7 nitrogen and oxygen atoms in total. The molecule has 2 heterocycles. The monoisotopic (exact) mass is 507 g/mol. The first-order valence-corrected chi connectivity index (χ1v) is 13.6. The number of sulfone groups is 1. The van der Waals surface area contributed by atoms with E-state index in [1.54, 1.807) is 69.3 Å². The van der Waals surface area contributed by atoms with Crippen LogP contribution in [-0.2, 0) is 24.2 Å². The molecule has 2 aromatic rings. The Bertz CT molecular complexity index is 1390. The molecule has 2 aliphatic heterocycles. The summed E-state index contributed by atoms with van der Waals surface area (Å²) >= 11 is 0. The van der Waals surface area contributed by atoms with Gasteiger partial charge in [0.25, 0.3) is 0 Å². The Hall–Kier alpha value is -3.26. The number of ether oxygens (including phenoxy) is 1. The van der Waals surface area contributed by atoms with Gasteiger partial charge in [0.05, 0.1) is 10.9 Å². The second kappa shape index (κ2) is 8.40. The second-order valence-corrected chi connectivity index (χ2v) is 12.8. The van der Waals surface area contributed by atoms with Crippen molar-refractivity contribution in [3.63, 3.8) is 0 Å². The first-order valence-electron chi connectivity index (χ1n) is 12.2. The van der Waals surface area contributed by atoms with Crippen LogP contribution in [0.3, 0.4) is 0 Å². The van der Waals surface area contributed by atoms with Crippen molar-refractivity contribution in [1.82, 2.24) is 4.90 Å². The predicted octanol–water partition coefficient (Wildman–Crippen LogP) is 4.88. The number of ketones is 2. The first-order chi connectivity index (χ1) is 17.0. The van der Waals surface area contributed by atoms with Gasteiger partial charge in [-0.1, -0.05) is 48.5 Å². The molecule has 0 radical (unpaired) electrons. The number of fused-ring (bicyclic) bond motifs is 5. The highest BCUT2D eigenvalue weighted by Gasteiger charge is 2.72. The van der Waals surface area contributed by atoms with Crippen molar-refractivity contribution in [3.05, 3.63) is 77.4 Å². The Morgan fingerprint density at radius 1 is 1.03 bits per heavy atom. The molecule has 2 bridgehead atoms. The van der Waals surface area contributed by atoms with E-state index in [1.807, 2.05) is 0 Å². The zero-order valence-electron chi connectivity index (χ0n) is 20.6. The van der Waals surface area contributed by atoms with Gasteiger partial charge in [-0.15, -0.1) is 0 Å². The van der Waals surface area contributed by atoms with Crippen molar-refractivity contribution in [1.29, 1.82) is 0 Å². The van der Waals surface area contributed by atoms with Crippen LogP contribution < -0.4 is 0 Å². The molecule has 1 fully saturated rings. The lowest BCUT2D eigenvalue weighted by molar-refractivity contribution is -0.122. The molecule has 1 aliphatic carbocycles. The Balaban J connectivity index is 1.77. The van der Waals surface area contributed by atoms with Gasteiger partial charge in [-0.2, -0.15) is 0 Å². The van der Waals surface area contributed by atoms with E-state index in [1.165, 1.54) is 17.0 Å². The molecule has 188 valence electrons. The summed E-state index contributed by atoms with van der Waals surface area (Å²) in [7, 11) is -4.35. The SMILES string of the molecule is CC(C)(C)OC(=O)N1[C@@H]2C(=O)[C@@](CC3=CCCCC3=O)(S(=O)(=O)c3ccccc3)[C@H]1c1ccccc12. The number of nitrogens with zero attached hydrogens (tertiary/aromatic N) is 1. The maximum atomic E-state index is 14.5. The fourth-order valence-corrected chi connectivity index (χ4v) is 7.92. The third-order valence-electron chi connectivity index (χ3n) is 7.20. The molecule has 0 N–H and O–H groups in total. The fraction of sp³-hybridized carbons (Fsp3) is 0.393. The smallest absolute Gasteiger partial charge is 0.411 e. The van der Waals surface area contributed by atoms with Crippen LogP contribution in [0.1, 0.15) is 69.7 Å². The molecule has 0 unspecified atom stereocenters. The van der Waals surface area contributed by atoms with Crippen LogP contribution in [0.15, 0.2) is 71.1 Å². The van der Waals surface area contributed by atoms with Crippen LogP contribution >= 0.6 is 0 Å². The molecule has 5 rings (SSSR count). The van der Waals surface area contributed by atoms with Gasteiger partial charge in [-0.25, -0.2) is 13.2 Å². The summed E-state index contributed by atoms with van der Waals surface area (Å²) in [5.74, 6) is -0.753. The molecule has 1 saturated heterocycles. The molecule has 3 aliphatic rings. The van der Waals surface area contributed by atoms with E-state index in [0.717, 1.165) is 0 Å². The van der Waals surface area contributed by atoms with Gasteiger partial charge in [0.2, 0.25) is 0 Å². The minimum Gasteiger partial charge on any atom is -0.444 e. The van der Waals surface area contributed by atoms with Crippen LogP contribution in [0, 0.1) is 0 Å². The van der Waals surface area contributed by atoms with Crippen molar-refractivity contribution in [3.8, 4) is 0 Å². The largest absolute Gasteiger partial charge is 0.444 e. The highest BCUT2D eigenvalue weighted by Crippen LogP contribution is 2.62. The van der Waals surface area contributed by atoms with Gasteiger partial charge in [0.1, 0.15) is 11.6 Å². The maximum Gasteiger partial charge on any atom is 0.411 e. The average molecular weight is 508 g/mol. The number of amides is 1. The van der Waals surface area contributed by atoms with Crippen LogP contribution in [-0.4, -0.2) is 41.3 Å². The zero-order valence-corrected chi connectivity index (χ0v) is 21.4. The molecular weight excluding hydrogens is 478 g/mol. The van der Waals surface area contributed by atoms with Gasteiger partial charge in [-0.05, 0) is 62.4 Å². The van der Waals surface area contributed by atoms with Crippen molar-refractivity contribution < 1.29 is 27.5 Å². The third kappa shape index (κ3) is 3.53. The maximum absolute atomic E-state index is 14.5. The normalized spacial score (nSPS) is 25.5. The highest BCUT2D eigenvalue weighted by atomic mass is 32.2. The third-order valence-corrected chi connectivity index (χ3v) is 9.62. The van der Waals surface area contributed by atoms with Crippen LogP contribution in [0.5, 0.6) is 0 Å². The van der Waals surface area contributed by atoms with Crippen molar-refractivity contribution in [2.75, 3.05) is 0 Å². The first kappa shape index (κ1) is 24.4. The lowest BCUT2D eigenvalue weighted by atomic mass is 9.77. The Kier molecular flexibility index (Phi) is 5.70. The highest BCUT2D eigenvalue weighted by molar-refractivity contribution is 7.93. The predicted molar refractivity (Wildman–Crippen MR) is 133 cm³/mol. The van der Waals surface area contributed by atoms with E-state index in [0.29, 0.717) is 36.0 Å². The Morgan fingerprint density at radius 3 is 2.31 bits per heavy atom. The Labute approximate surface area is 211 Å². The quantitative estimate of drug-likeness (QED) is 0.585. The molecule has 0 spiro atoms. The Morgan fingerprint density at radius 2 is 1.67 bits per heavy atom. The molecule has 2 aromatic carbocycles. The lowest BCUT2D eigenvalue weighted by Gasteiger charge is -2.37. The summed E-state index contributed by atoms with van der Waals surface area (Å²) in [6.45, 7) is 5.16. The summed E-state index contributed by atoms with van der Waals surface area (Å²) < 4.78 is 32.5. The van der Waals surface area contributed by atoms with Crippen molar-refractivity contribution in [2.24, 2.45) is 0 Å². The van der Waals surface area contributed by atoms with Crippen molar-refractivity contribution in [2.45, 2.75) is 73.8 Å². The van der Waals surface area contributed by atoms with Crippen LogP contribution in [0.25, 0.3) is 0 Å². The molecule has 0 saturated carbocycles. The minimum absolute atomic E-state index is 0.0172.